The molecular formula is C17H17ClFN3O2. The van der Waals surface area contributed by atoms with Crippen molar-refractivity contribution in [2.75, 3.05) is 23.3 Å². The maximum Gasteiger partial charge on any atom is 0.319 e. The molecule has 0 bridgehead atoms. The van der Waals surface area contributed by atoms with Crippen LogP contribution in [0.2, 0.25) is 5.02 Å². The summed E-state index contributed by atoms with van der Waals surface area (Å²) in [5.41, 5.74) is 1.14. The van der Waals surface area contributed by atoms with Gasteiger partial charge >= 0.3 is 6.03 Å². The van der Waals surface area contributed by atoms with Crippen molar-refractivity contribution in [2.24, 2.45) is 0 Å². The van der Waals surface area contributed by atoms with Gasteiger partial charge in [-0.05, 0) is 30.3 Å². The molecule has 0 heterocycles. The minimum Gasteiger partial charge on any atom is -0.336 e. The van der Waals surface area contributed by atoms with Gasteiger partial charge in [-0.1, -0.05) is 29.8 Å². The van der Waals surface area contributed by atoms with Gasteiger partial charge in [0, 0.05) is 31.4 Å². The SMILES string of the molecule is CC(=O)N(CCNC(=O)Nc1ccccc1)c1ccc(F)c(Cl)c1. The number of carbonyl (C=O) groups is 2. The zero-order chi connectivity index (χ0) is 17.5. The fourth-order valence-corrected chi connectivity index (χ4v) is 2.27. The van der Waals surface area contributed by atoms with Gasteiger partial charge in [-0.2, -0.15) is 0 Å². The lowest BCUT2D eigenvalue weighted by Crippen LogP contribution is -2.39. The molecule has 5 nitrogen and oxygen atoms in total. The highest BCUT2D eigenvalue weighted by Gasteiger charge is 2.13. The molecule has 0 saturated carbocycles. The number of nitrogens with one attached hydrogen (secondary N) is 2. The topological polar surface area (TPSA) is 61.4 Å². The van der Waals surface area contributed by atoms with Crippen molar-refractivity contribution in [2.45, 2.75) is 6.92 Å². The van der Waals surface area contributed by atoms with E-state index in [1.807, 2.05) is 18.2 Å². The number of nitrogens with zero attached hydrogens (tertiary/aromatic N) is 1. The number of hydrogen-bond donors (Lipinski definition) is 2. The van der Waals surface area contributed by atoms with Crippen LogP contribution in [0, 0.1) is 5.82 Å². The van der Waals surface area contributed by atoms with Gasteiger partial charge in [-0.3, -0.25) is 4.79 Å². The Labute approximate surface area is 144 Å². The quantitative estimate of drug-likeness (QED) is 0.865. The molecule has 0 atom stereocenters. The zero-order valence-corrected chi connectivity index (χ0v) is 13.8. The Morgan fingerprint density at radius 3 is 2.50 bits per heavy atom. The molecule has 0 unspecified atom stereocenters. The lowest BCUT2D eigenvalue weighted by molar-refractivity contribution is -0.116. The van der Waals surface area contributed by atoms with E-state index < -0.39 is 5.82 Å². The lowest BCUT2D eigenvalue weighted by Gasteiger charge is -2.21. The standard InChI is InChI=1S/C17H17ClFN3O2/c1-12(23)22(14-7-8-16(19)15(18)11-14)10-9-20-17(24)21-13-5-3-2-4-6-13/h2-8,11H,9-10H2,1H3,(H2,20,21,24). The van der Waals surface area contributed by atoms with Gasteiger partial charge in [0.1, 0.15) is 5.82 Å². The molecule has 0 fully saturated rings. The molecule has 2 rings (SSSR count). The molecule has 0 saturated heterocycles. The van der Waals surface area contributed by atoms with Crippen LogP contribution < -0.4 is 15.5 Å². The number of halogens is 2. The first kappa shape index (κ1) is 17.7. The third kappa shape index (κ3) is 4.96. The van der Waals surface area contributed by atoms with E-state index in [1.54, 1.807) is 12.1 Å². The van der Waals surface area contributed by atoms with Crippen molar-refractivity contribution in [1.82, 2.24) is 5.32 Å². The van der Waals surface area contributed by atoms with E-state index in [1.165, 1.54) is 30.0 Å². The number of para-hydroxylation sites is 1. The molecule has 24 heavy (non-hydrogen) atoms. The first-order valence-corrected chi connectivity index (χ1v) is 7.68. The van der Waals surface area contributed by atoms with E-state index in [4.69, 9.17) is 11.6 Å². The summed E-state index contributed by atoms with van der Waals surface area (Å²) in [4.78, 5) is 25.0. The van der Waals surface area contributed by atoms with Gasteiger partial charge in [0.25, 0.3) is 0 Å². The van der Waals surface area contributed by atoms with Crippen molar-refractivity contribution in [3.05, 3.63) is 59.4 Å². The number of rotatable bonds is 5. The molecule has 0 aliphatic rings. The van der Waals surface area contributed by atoms with Crippen LogP contribution >= 0.6 is 11.6 Å². The third-order valence-electron chi connectivity index (χ3n) is 3.25. The zero-order valence-electron chi connectivity index (χ0n) is 13.1. The minimum absolute atomic E-state index is 0.0615. The fraction of sp³-hybridized carbons (Fsp3) is 0.176. The van der Waals surface area contributed by atoms with Crippen LogP contribution in [-0.2, 0) is 4.79 Å². The van der Waals surface area contributed by atoms with Crippen molar-refractivity contribution >= 4 is 34.9 Å². The molecule has 7 heteroatoms. The summed E-state index contributed by atoms with van der Waals surface area (Å²) in [5.74, 6) is -0.785. The number of amides is 3. The van der Waals surface area contributed by atoms with Crippen LogP contribution in [0.5, 0.6) is 0 Å². The Kier molecular flexibility index (Phi) is 6.14. The van der Waals surface area contributed by atoms with Crippen molar-refractivity contribution in [3.63, 3.8) is 0 Å². The van der Waals surface area contributed by atoms with E-state index in [-0.39, 0.29) is 30.1 Å². The predicted molar refractivity (Wildman–Crippen MR) is 92.9 cm³/mol. The van der Waals surface area contributed by atoms with Crippen LogP contribution in [0.25, 0.3) is 0 Å². The van der Waals surface area contributed by atoms with Crippen LogP contribution in [0.15, 0.2) is 48.5 Å². The molecule has 0 aromatic heterocycles. The number of urea groups is 1. The molecular weight excluding hydrogens is 333 g/mol. The molecule has 0 radical (unpaired) electrons. The van der Waals surface area contributed by atoms with Gasteiger partial charge < -0.3 is 15.5 Å². The summed E-state index contributed by atoms with van der Waals surface area (Å²) >= 11 is 5.74. The average molecular weight is 350 g/mol. The highest BCUT2D eigenvalue weighted by molar-refractivity contribution is 6.31. The van der Waals surface area contributed by atoms with Crippen molar-refractivity contribution in [3.8, 4) is 0 Å². The normalized spacial score (nSPS) is 10.1. The van der Waals surface area contributed by atoms with Crippen LogP contribution in [0.4, 0.5) is 20.6 Å². The maximum absolute atomic E-state index is 13.2. The molecule has 2 aromatic rings. The van der Waals surface area contributed by atoms with Crippen LogP contribution in [-0.4, -0.2) is 25.0 Å². The van der Waals surface area contributed by atoms with E-state index in [0.717, 1.165) is 0 Å². The molecule has 0 aliphatic carbocycles. The van der Waals surface area contributed by atoms with Crippen LogP contribution in [0.3, 0.4) is 0 Å². The highest BCUT2D eigenvalue weighted by Crippen LogP contribution is 2.22. The molecule has 2 aromatic carbocycles. The van der Waals surface area contributed by atoms with E-state index in [0.29, 0.717) is 11.4 Å². The predicted octanol–water partition coefficient (Wildman–Crippen LogP) is 3.65. The average Bonchev–Trinajstić information content (AvgIpc) is 2.55. The Morgan fingerprint density at radius 1 is 1.17 bits per heavy atom. The number of anilines is 2. The van der Waals surface area contributed by atoms with E-state index in [9.17, 15) is 14.0 Å². The Balaban J connectivity index is 1.91. The largest absolute Gasteiger partial charge is 0.336 e. The monoisotopic (exact) mass is 349 g/mol. The minimum atomic E-state index is -0.552. The second-order valence-corrected chi connectivity index (χ2v) is 5.42. The maximum atomic E-state index is 13.2. The van der Waals surface area contributed by atoms with Gasteiger partial charge in [0.2, 0.25) is 5.91 Å². The Morgan fingerprint density at radius 2 is 1.88 bits per heavy atom. The van der Waals surface area contributed by atoms with Gasteiger partial charge in [0.15, 0.2) is 0 Å². The van der Waals surface area contributed by atoms with Gasteiger partial charge in [-0.25, -0.2) is 9.18 Å². The summed E-state index contributed by atoms with van der Waals surface area (Å²) in [7, 11) is 0. The first-order valence-electron chi connectivity index (χ1n) is 7.30. The van der Waals surface area contributed by atoms with Crippen molar-refractivity contribution in [1.29, 1.82) is 0 Å². The Hall–Kier alpha value is -2.60. The summed E-state index contributed by atoms with van der Waals surface area (Å²) in [6.45, 7) is 1.86. The number of carbonyl (C=O) groups excluding carboxylic acids is 2. The molecule has 126 valence electrons. The molecule has 0 aliphatic heterocycles. The Bertz CT molecular complexity index is 725. The summed E-state index contributed by atoms with van der Waals surface area (Å²) < 4.78 is 13.2. The van der Waals surface area contributed by atoms with E-state index >= 15 is 0 Å². The first-order chi connectivity index (χ1) is 11.5. The highest BCUT2D eigenvalue weighted by atomic mass is 35.5. The summed E-state index contributed by atoms with van der Waals surface area (Å²) in [6, 6.07) is 12.7. The lowest BCUT2D eigenvalue weighted by atomic mass is 10.2. The smallest absolute Gasteiger partial charge is 0.319 e. The fourth-order valence-electron chi connectivity index (χ4n) is 2.10. The summed E-state index contributed by atoms with van der Waals surface area (Å²) in [5, 5.41) is 5.28. The van der Waals surface area contributed by atoms with E-state index in [2.05, 4.69) is 10.6 Å². The number of hydrogen-bond acceptors (Lipinski definition) is 2. The van der Waals surface area contributed by atoms with Crippen LogP contribution in [0.1, 0.15) is 6.92 Å². The second-order valence-electron chi connectivity index (χ2n) is 5.02. The summed E-state index contributed by atoms with van der Waals surface area (Å²) in [6.07, 6.45) is 0. The molecule has 3 amide bonds. The van der Waals surface area contributed by atoms with Gasteiger partial charge in [0.05, 0.1) is 5.02 Å². The molecule has 0 spiro atoms. The third-order valence-corrected chi connectivity index (χ3v) is 3.54. The molecule has 2 N–H and O–H groups in total. The van der Waals surface area contributed by atoms with Gasteiger partial charge in [-0.15, -0.1) is 0 Å². The van der Waals surface area contributed by atoms with Crippen molar-refractivity contribution < 1.29 is 14.0 Å². The number of benzene rings is 2. The second kappa shape index (κ2) is 8.31.